The lowest BCUT2D eigenvalue weighted by Crippen LogP contribution is -2.28. The Labute approximate surface area is 101 Å². The Morgan fingerprint density at radius 3 is 2.12 bits per heavy atom. The molecule has 16 heavy (non-hydrogen) atoms. The summed E-state index contributed by atoms with van der Waals surface area (Å²) in [6.07, 6.45) is 1.19. The van der Waals surface area contributed by atoms with E-state index in [1.165, 1.54) is 39.1 Å². The van der Waals surface area contributed by atoms with Gasteiger partial charge >= 0.3 is 0 Å². The van der Waals surface area contributed by atoms with E-state index in [-0.39, 0.29) is 0 Å². The summed E-state index contributed by atoms with van der Waals surface area (Å²) in [5.74, 6) is 1.89. The van der Waals surface area contributed by atoms with Crippen molar-refractivity contribution in [1.82, 2.24) is 9.80 Å². The molecule has 0 bridgehead atoms. The second-order valence-corrected chi connectivity index (χ2v) is 4.85. The zero-order chi connectivity index (χ0) is 12.0. The molecule has 2 heterocycles. The Hall–Kier alpha value is -0.120. The largest absolute Gasteiger partial charge is 0.385 e. The van der Waals surface area contributed by atoms with Gasteiger partial charge in [0.05, 0.1) is 0 Å². The fraction of sp³-hybridized carbons (Fsp3) is 1.00. The number of ether oxygens (including phenoxy) is 1. The van der Waals surface area contributed by atoms with Gasteiger partial charge in [0.2, 0.25) is 0 Å². The molecule has 0 radical (unpaired) electrons. The van der Waals surface area contributed by atoms with Gasteiger partial charge in [-0.1, -0.05) is 13.8 Å². The summed E-state index contributed by atoms with van der Waals surface area (Å²) in [6, 6.07) is 0. The second-order valence-electron chi connectivity index (χ2n) is 4.85. The Morgan fingerprint density at radius 1 is 1.06 bits per heavy atom. The fourth-order valence-corrected chi connectivity index (χ4v) is 2.94. The van der Waals surface area contributed by atoms with Crippen LogP contribution in [-0.4, -0.2) is 63.3 Å². The number of methoxy groups -OCH3 is 1. The van der Waals surface area contributed by atoms with Crippen LogP contribution in [0.5, 0.6) is 0 Å². The smallest absolute Gasteiger partial charge is 0.0474 e. The molecule has 0 amide bonds. The molecule has 3 heteroatoms. The van der Waals surface area contributed by atoms with Crippen LogP contribution in [0.2, 0.25) is 0 Å². The molecule has 0 spiro atoms. The first-order valence-corrected chi connectivity index (χ1v) is 6.69. The highest BCUT2D eigenvalue weighted by molar-refractivity contribution is 4.91. The molecule has 2 atom stereocenters. The molecule has 2 rings (SSSR count). The molecule has 0 saturated carbocycles. The van der Waals surface area contributed by atoms with Crippen LogP contribution in [0, 0.1) is 11.8 Å². The van der Waals surface area contributed by atoms with Crippen LogP contribution < -0.4 is 0 Å². The zero-order valence-electron chi connectivity index (χ0n) is 11.4. The van der Waals surface area contributed by atoms with Crippen molar-refractivity contribution in [3.8, 4) is 0 Å². The van der Waals surface area contributed by atoms with Crippen LogP contribution in [-0.2, 0) is 4.74 Å². The monoisotopic (exact) mass is 228 g/mol. The molecule has 0 aromatic rings. The van der Waals surface area contributed by atoms with E-state index < -0.39 is 0 Å². The summed E-state index contributed by atoms with van der Waals surface area (Å²) >= 11 is 0. The van der Waals surface area contributed by atoms with E-state index in [0.29, 0.717) is 0 Å². The molecule has 2 fully saturated rings. The quantitative estimate of drug-likeness (QED) is 0.679. The summed E-state index contributed by atoms with van der Waals surface area (Å²) in [7, 11) is 4.03. The summed E-state index contributed by atoms with van der Waals surface area (Å²) in [5.41, 5.74) is 0. The first-order valence-electron chi connectivity index (χ1n) is 6.69. The van der Waals surface area contributed by atoms with Crippen LogP contribution in [0.25, 0.3) is 0 Å². The van der Waals surface area contributed by atoms with Crippen LogP contribution >= 0.6 is 0 Å². The summed E-state index contributed by atoms with van der Waals surface area (Å²) in [4.78, 5) is 5.09. The summed E-state index contributed by atoms with van der Waals surface area (Å²) in [5, 5.41) is 0. The summed E-state index contributed by atoms with van der Waals surface area (Å²) < 4.78 is 5.08. The van der Waals surface area contributed by atoms with E-state index in [1.54, 1.807) is 7.11 Å². The van der Waals surface area contributed by atoms with Gasteiger partial charge in [-0.3, -0.25) is 0 Å². The van der Waals surface area contributed by atoms with Gasteiger partial charge < -0.3 is 14.5 Å². The van der Waals surface area contributed by atoms with E-state index in [2.05, 4.69) is 16.8 Å². The third-order valence-corrected chi connectivity index (χ3v) is 3.57. The van der Waals surface area contributed by atoms with Gasteiger partial charge in [-0.25, -0.2) is 0 Å². The fourth-order valence-electron chi connectivity index (χ4n) is 2.94. The maximum absolute atomic E-state index is 5.08. The Balaban J connectivity index is 0.000000606. The predicted octanol–water partition coefficient (Wildman–Crippen LogP) is 1.54. The lowest BCUT2D eigenvalue weighted by Gasteiger charge is -2.18. The highest BCUT2D eigenvalue weighted by Crippen LogP contribution is 2.29. The van der Waals surface area contributed by atoms with Crippen molar-refractivity contribution in [3.05, 3.63) is 0 Å². The van der Waals surface area contributed by atoms with E-state index >= 15 is 0 Å². The van der Waals surface area contributed by atoms with Crippen molar-refractivity contribution in [2.75, 3.05) is 53.5 Å². The first-order chi connectivity index (χ1) is 7.79. The molecule has 2 aliphatic heterocycles. The SMILES string of the molecule is CC.COCCCN1CC2CN(C)CC2C1. The van der Waals surface area contributed by atoms with Crippen LogP contribution in [0.3, 0.4) is 0 Å². The van der Waals surface area contributed by atoms with Crippen LogP contribution in [0.15, 0.2) is 0 Å². The Bertz CT molecular complexity index is 173. The molecule has 2 unspecified atom stereocenters. The van der Waals surface area contributed by atoms with Gasteiger partial charge in [-0.15, -0.1) is 0 Å². The third-order valence-electron chi connectivity index (χ3n) is 3.57. The molecule has 3 nitrogen and oxygen atoms in total. The van der Waals surface area contributed by atoms with E-state index in [4.69, 9.17) is 4.74 Å². The molecule has 2 saturated heterocycles. The van der Waals surface area contributed by atoms with E-state index in [9.17, 15) is 0 Å². The maximum atomic E-state index is 5.08. The minimum Gasteiger partial charge on any atom is -0.385 e. The second kappa shape index (κ2) is 7.25. The van der Waals surface area contributed by atoms with Crippen molar-refractivity contribution in [2.24, 2.45) is 11.8 Å². The van der Waals surface area contributed by atoms with Gasteiger partial charge in [-0.2, -0.15) is 0 Å². The minimum atomic E-state index is 0.908. The molecular formula is C13H28N2O. The lowest BCUT2D eigenvalue weighted by molar-refractivity contribution is 0.175. The topological polar surface area (TPSA) is 15.7 Å². The number of hydrogen-bond acceptors (Lipinski definition) is 3. The molecule has 96 valence electrons. The van der Waals surface area contributed by atoms with Gasteiger partial charge in [0.1, 0.15) is 0 Å². The van der Waals surface area contributed by atoms with E-state index in [0.717, 1.165) is 18.4 Å². The average molecular weight is 228 g/mol. The molecule has 2 aliphatic rings. The maximum Gasteiger partial charge on any atom is 0.0474 e. The van der Waals surface area contributed by atoms with E-state index in [1.807, 2.05) is 13.8 Å². The highest BCUT2D eigenvalue weighted by Gasteiger charge is 2.37. The van der Waals surface area contributed by atoms with Crippen LogP contribution in [0.1, 0.15) is 20.3 Å². The Kier molecular flexibility index (Phi) is 6.32. The molecule has 0 aliphatic carbocycles. The highest BCUT2D eigenvalue weighted by atomic mass is 16.5. The lowest BCUT2D eigenvalue weighted by atomic mass is 10.0. The summed E-state index contributed by atoms with van der Waals surface area (Å²) in [6.45, 7) is 11.4. The number of fused-ring (bicyclic) bond motifs is 1. The molecule has 0 N–H and O–H groups in total. The van der Waals surface area contributed by atoms with Crippen molar-refractivity contribution in [1.29, 1.82) is 0 Å². The van der Waals surface area contributed by atoms with Gasteiger partial charge in [0, 0.05) is 46.4 Å². The normalized spacial score (nSPS) is 30.0. The van der Waals surface area contributed by atoms with Gasteiger partial charge in [0.25, 0.3) is 0 Å². The minimum absolute atomic E-state index is 0.908. The van der Waals surface area contributed by atoms with Crippen LogP contribution in [0.4, 0.5) is 0 Å². The molecule has 0 aromatic heterocycles. The number of likely N-dealkylation sites (tertiary alicyclic amines) is 2. The molecular weight excluding hydrogens is 200 g/mol. The first kappa shape index (κ1) is 13.9. The van der Waals surface area contributed by atoms with Crippen molar-refractivity contribution in [3.63, 3.8) is 0 Å². The number of nitrogens with zero attached hydrogens (tertiary/aromatic N) is 2. The number of rotatable bonds is 4. The standard InChI is InChI=1S/C11H22N2O.C2H6/c1-12-6-10-8-13(4-3-5-14-2)9-11(10)7-12;1-2/h10-11H,3-9H2,1-2H3;1-2H3. The van der Waals surface area contributed by atoms with Crippen molar-refractivity contribution >= 4 is 0 Å². The van der Waals surface area contributed by atoms with Crippen molar-refractivity contribution < 1.29 is 4.74 Å². The average Bonchev–Trinajstić information content (AvgIpc) is 2.78. The predicted molar refractivity (Wildman–Crippen MR) is 68.8 cm³/mol. The molecule has 0 aromatic carbocycles. The third kappa shape index (κ3) is 3.72. The zero-order valence-corrected chi connectivity index (χ0v) is 11.4. The Morgan fingerprint density at radius 2 is 1.62 bits per heavy atom. The van der Waals surface area contributed by atoms with Gasteiger partial charge in [0.15, 0.2) is 0 Å². The number of hydrogen-bond donors (Lipinski definition) is 0. The van der Waals surface area contributed by atoms with Crippen molar-refractivity contribution in [2.45, 2.75) is 20.3 Å². The van der Waals surface area contributed by atoms with Gasteiger partial charge in [-0.05, 0) is 25.3 Å².